The van der Waals surface area contributed by atoms with Gasteiger partial charge in [0.05, 0.1) is 11.3 Å². The molecule has 0 fully saturated rings. The number of nitrogens with zero attached hydrogens (tertiary/aromatic N) is 3. The smallest absolute Gasteiger partial charge is 0.269 e. The summed E-state index contributed by atoms with van der Waals surface area (Å²) in [7, 11) is 0. The van der Waals surface area contributed by atoms with E-state index in [4.69, 9.17) is 4.52 Å². The van der Waals surface area contributed by atoms with E-state index in [2.05, 4.69) is 28.3 Å². The predicted octanol–water partition coefficient (Wildman–Crippen LogP) is 4.39. The van der Waals surface area contributed by atoms with Crippen molar-refractivity contribution < 1.29 is 9.45 Å². The quantitative estimate of drug-likeness (QED) is 0.409. The molecule has 4 aromatic rings. The minimum atomic E-state index is -0.439. The molecule has 3 aromatic carbocycles. The van der Waals surface area contributed by atoms with Crippen LogP contribution in [0.4, 0.5) is 5.69 Å². The first-order chi connectivity index (χ1) is 12.2. The Hall–Kier alpha value is -3.54. The van der Waals surface area contributed by atoms with E-state index in [0.717, 1.165) is 16.3 Å². The molecular formula is C19H13N3O3. The van der Waals surface area contributed by atoms with Crippen LogP contribution in [-0.2, 0) is 6.42 Å². The molecular weight excluding hydrogens is 318 g/mol. The highest BCUT2D eigenvalue weighted by atomic mass is 16.6. The number of fused-ring (bicyclic) bond motifs is 1. The molecule has 25 heavy (non-hydrogen) atoms. The number of aromatic nitrogens is 2. The number of benzene rings is 3. The van der Waals surface area contributed by atoms with E-state index in [1.807, 2.05) is 24.3 Å². The largest absolute Gasteiger partial charge is 0.339 e. The molecule has 0 radical (unpaired) electrons. The summed E-state index contributed by atoms with van der Waals surface area (Å²) in [6, 6.07) is 20.3. The van der Waals surface area contributed by atoms with Gasteiger partial charge in [-0.3, -0.25) is 10.1 Å². The van der Waals surface area contributed by atoms with Gasteiger partial charge in [-0.05, 0) is 28.5 Å². The van der Waals surface area contributed by atoms with Gasteiger partial charge in [-0.1, -0.05) is 47.6 Å². The Morgan fingerprint density at radius 2 is 1.72 bits per heavy atom. The molecule has 0 aliphatic rings. The van der Waals surface area contributed by atoms with E-state index >= 15 is 0 Å². The van der Waals surface area contributed by atoms with Gasteiger partial charge >= 0.3 is 0 Å². The second kappa shape index (κ2) is 6.16. The highest BCUT2D eigenvalue weighted by molar-refractivity contribution is 5.85. The van der Waals surface area contributed by atoms with Crippen molar-refractivity contribution in [2.24, 2.45) is 0 Å². The molecule has 0 bridgehead atoms. The molecule has 122 valence electrons. The Kier molecular flexibility index (Phi) is 3.70. The summed E-state index contributed by atoms with van der Waals surface area (Å²) in [5.74, 6) is 0.926. The zero-order valence-electron chi connectivity index (χ0n) is 13.1. The molecule has 1 aromatic heterocycles. The molecule has 0 atom stereocenters. The Balaban J connectivity index is 1.62. The molecule has 0 saturated carbocycles. The second-order valence-corrected chi connectivity index (χ2v) is 5.63. The van der Waals surface area contributed by atoms with Crippen LogP contribution in [0.2, 0.25) is 0 Å². The van der Waals surface area contributed by atoms with Crippen molar-refractivity contribution in [2.45, 2.75) is 6.42 Å². The van der Waals surface area contributed by atoms with Crippen LogP contribution in [0.5, 0.6) is 0 Å². The van der Waals surface area contributed by atoms with Crippen molar-refractivity contribution in [3.05, 3.63) is 88.3 Å². The number of nitro groups is 1. The maximum Gasteiger partial charge on any atom is 0.269 e. The van der Waals surface area contributed by atoms with Crippen molar-refractivity contribution in [2.75, 3.05) is 0 Å². The first-order valence-corrected chi connectivity index (χ1v) is 7.75. The van der Waals surface area contributed by atoms with Crippen molar-refractivity contribution in [3.63, 3.8) is 0 Å². The number of non-ortho nitro benzene ring substituents is 1. The maximum absolute atomic E-state index is 10.7. The molecule has 0 N–H and O–H groups in total. The fourth-order valence-corrected chi connectivity index (χ4v) is 2.79. The van der Waals surface area contributed by atoms with Gasteiger partial charge in [0.15, 0.2) is 0 Å². The number of nitro benzene ring substituents is 1. The fourth-order valence-electron chi connectivity index (χ4n) is 2.79. The van der Waals surface area contributed by atoms with Gasteiger partial charge in [0, 0.05) is 17.7 Å². The van der Waals surface area contributed by atoms with Crippen LogP contribution in [-0.4, -0.2) is 15.1 Å². The Morgan fingerprint density at radius 3 is 2.52 bits per heavy atom. The Labute approximate surface area is 142 Å². The van der Waals surface area contributed by atoms with Crippen LogP contribution >= 0.6 is 0 Å². The first-order valence-electron chi connectivity index (χ1n) is 7.75. The summed E-state index contributed by atoms with van der Waals surface area (Å²) >= 11 is 0. The highest BCUT2D eigenvalue weighted by Gasteiger charge is 2.12. The summed E-state index contributed by atoms with van der Waals surface area (Å²) in [6.45, 7) is 0. The van der Waals surface area contributed by atoms with Gasteiger partial charge in [0.25, 0.3) is 5.69 Å². The number of hydrogen-bond donors (Lipinski definition) is 0. The number of rotatable bonds is 4. The SMILES string of the molecule is O=[N+]([O-])c1ccc(-c2noc(Cc3cccc4ccccc34)n2)cc1. The highest BCUT2D eigenvalue weighted by Crippen LogP contribution is 2.23. The molecule has 6 heteroatoms. The van der Waals surface area contributed by atoms with Crippen molar-refractivity contribution in [1.82, 2.24) is 10.1 Å². The van der Waals surface area contributed by atoms with Crippen LogP contribution in [0.15, 0.2) is 71.3 Å². The minimum absolute atomic E-state index is 0.0308. The summed E-state index contributed by atoms with van der Waals surface area (Å²) in [5, 5.41) is 17.0. The van der Waals surface area contributed by atoms with Gasteiger partial charge in [0.2, 0.25) is 11.7 Å². The lowest BCUT2D eigenvalue weighted by Crippen LogP contribution is -1.91. The van der Waals surface area contributed by atoms with E-state index in [-0.39, 0.29) is 5.69 Å². The summed E-state index contributed by atoms with van der Waals surface area (Å²) < 4.78 is 5.35. The molecule has 0 saturated heterocycles. The van der Waals surface area contributed by atoms with Gasteiger partial charge in [-0.15, -0.1) is 0 Å². The standard InChI is InChI=1S/C19H13N3O3/c23-22(24)16-10-8-14(9-11-16)19-20-18(25-21-19)12-15-6-3-5-13-4-1-2-7-17(13)15/h1-11H,12H2. The molecule has 1 heterocycles. The van der Waals surface area contributed by atoms with Gasteiger partial charge < -0.3 is 4.52 Å². The molecule has 4 rings (SSSR count). The average molecular weight is 331 g/mol. The van der Waals surface area contributed by atoms with E-state index in [9.17, 15) is 10.1 Å². The summed E-state index contributed by atoms with van der Waals surface area (Å²) in [5.41, 5.74) is 1.82. The van der Waals surface area contributed by atoms with Crippen LogP contribution in [0.25, 0.3) is 22.2 Å². The Bertz CT molecular complexity index is 1050. The van der Waals surface area contributed by atoms with Gasteiger partial charge in [0.1, 0.15) is 0 Å². The number of hydrogen-bond acceptors (Lipinski definition) is 5. The average Bonchev–Trinajstić information content (AvgIpc) is 3.11. The predicted molar refractivity (Wildman–Crippen MR) is 93.1 cm³/mol. The van der Waals surface area contributed by atoms with Gasteiger partial charge in [-0.25, -0.2) is 0 Å². The molecule has 0 aliphatic heterocycles. The van der Waals surface area contributed by atoms with Crippen LogP contribution in [0.3, 0.4) is 0 Å². The van der Waals surface area contributed by atoms with E-state index in [1.165, 1.54) is 12.1 Å². The zero-order chi connectivity index (χ0) is 17.2. The third kappa shape index (κ3) is 2.97. The molecule has 0 amide bonds. The molecule has 0 unspecified atom stereocenters. The maximum atomic E-state index is 10.7. The molecule has 0 aliphatic carbocycles. The zero-order valence-corrected chi connectivity index (χ0v) is 13.1. The summed E-state index contributed by atoms with van der Waals surface area (Å²) in [4.78, 5) is 14.7. The lowest BCUT2D eigenvalue weighted by Gasteiger charge is -2.03. The van der Waals surface area contributed by atoms with Crippen molar-refractivity contribution in [1.29, 1.82) is 0 Å². The van der Waals surface area contributed by atoms with Crippen molar-refractivity contribution >= 4 is 16.5 Å². The van der Waals surface area contributed by atoms with Crippen LogP contribution < -0.4 is 0 Å². The third-order valence-corrected chi connectivity index (χ3v) is 4.03. The monoisotopic (exact) mass is 331 g/mol. The third-order valence-electron chi connectivity index (χ3n) is 4.03. The Morgan fingerprint density at radius 1 is 0.960 bits per heavy atom. The molecule has 0 spiro atoms. The van der Waals surface area contributed by atoms with E-state index < -0.39 is 4.92 Å². The van der Waals surface area contributed by atoms with Crippen molar-refractivity contribution in [3.8, 4) is 11.4 Å². The fraction of sp³-hybridized carbons (Fsp3) is 0.0526. The first kappa shape index (κ1) is 15.0. The topological polar surface area (TPSA) is 82.1 Å². The van der Waals surface area contributed by atoms with Crippen LogP contribution in [0, 0.1) is 10.1 Å². The van der Waals surface area contributed by atoms with E-state index in [1.54, 1.807) is 12.1 Å². The summed E-state index contributed by atoms with van der Waals surface area (Å²) in [6.07, 6.45) is 0.529. The van der Waals surface area contributed by atoms with Crippen LogP contribution in [0.1, 0.15) is 11.5 Å². The normalized spacial score (nSPS) is 10.9. The minimum Gasteiger partial charge on any atom is -0.339 e. The molecule has 6 nitrogen and oxygen atoms in total. The van der Waals surface area contributed by atoms with Gasteiger partial charge in [-0.2, -0.15) is 4.98 Å². The lowest BCUT2D eigenvalue weighted by molar-refractivity contribution is -0.384. The lowest BCUT2D eigenvalue weighted by atomic mass is 10.0. The van der Waals surface area contributed by atoms with E-state index in [0.29, 0.717) is 23.7 Å². The second-order valence-electron chi connectivity index (χ2n) is 5.63.